The molecular formula is C19H24. The Morgan fingerprint density at radius 3 is 2.26 bits per heavy atom. The molecule has 0 nitrogen and oxygen atoms in total. The summed E-state index contributed by atoms with van der Waals surface area (Å²) in [6.07, 6.45) is 21.4. The Morgan fingerprint density at radius 2 is 1.53 bits per heavy atom. The lowest BCUT2D eigenvalue weighted by Crippen LogP contribution is -1.94. The predicted molar refractivity (Wildman–Crippen MR) is 80.9 cm³/mol. The highest BCUT2D eigenvalue weighted by Crippen LogP contribution is 2.41. The molecule has 0 N–H and O–H groups in total. The lowest BCUT2D eigenvalue weighted by atomic mass is 9.92. The normalized spacial score (nSPS) is 26.8. The third-order valence-electron chi connectivity index (χ3n) is 5.33. The van der Waals surface area contributed by atoms with Crippen LogP contribution in [-0.4, -0.2) is 0 Å². The Hall–Kier alpha value is -1.04. The van der Waals surface area contributed by atoms with E-state index in [4.69, 9.17) is 0 Å². The van der Waals surface area contributed by atoms with Crippen LogP contribution in [0.4, 0.5) is 0 Å². The third-order valence-corrected chi connectivity index (χ3v) is 5.33. The van der Waals surface area contributed by atoms with Gasteiger partial charge in [0.2, 0.25) is 0 Å². The van der Waals surface area contributed by atoms with E-state index in [2.05, 4.69) is 18.2 Å². The van der Waals surface area contributed by atoms with E-state index in [9.17, 15) is 0 Å². The van der Waals surface area contributed by atoms with E-state index in [0.717, 1.165) is 5.92 Å². The average Bonchev–Trinajstić information content (AvgIpc) is 3.00. The monoisotopic (exact) mass is 252 g/mol. The molecule has 0 heterocycles. The molecule has 100 valence electrons. The zero-order valence-electron chi connectivity index (χ0n) is 11.9. The van der Waals surface area contributed by atoms with Crippen molar-refractivity contribution in [1.29, 1.82) is 0 Å². The maximum absolute atomic E-state index is 2.58. The summed E-state index contributed by atoms with van der Waals surface area (Å²) in [7, 11) is 0. The van der Waals surface area contributed by atoms with Gasteiger partial charge in [0, 0.05) is 0 Å². The van der Waals surface area contributed by atoms with Gasteiger partial charge in [-0.1, -0.05) is 29.4 Å². The maximum atomic E-state index is 2.58. The van der Waals surface area contributed by atoms with Crippen molar-refractivity contribution in [3.05, 3.63) is 46.1 Å². The van der Waals surface area contributed by atoms with Crippen LogP contribution in [0.3, 0.4) is 0 Å². The van der Waals surface area contributed by atoms with Crippen LogP contribution in [-0.2, 0) is 0 Å². The second-order valence-corrected chi connectivity index (χ2v) is 6.77. The van der Waals surface area contributed by atoms with Crippen LogP contribution in [0.15, 0.2) is 46.1 Å². The second kappa shape index (κ2) is 4.81. The van der Waals surface area contributed by atoms with Gasteiger partial charge in [0.1, 0.15) is 0 Å². The Kier molecular flexibility index (Phi) is 2.98. The van der Waals surface area contributed by atoms with E-state index in [1.807, 2.05) is 0 Å². The van der Waals surface area contributed by atoms with Crippen molar-refractivity contribution in [2.45, 2.75) is 64.2 Å². The highest BCUT2D eigenvalue weighted by Gasteiger charge is 2.23. The summed E-state index contributed by atoms with van der Waals surface area (Å²) in [5.74, 6) is 0.718. The molecule has 0 unspecified atom stereocenters. The highest BCUT2D eigenvalue weighted by molar-refractivity contribution is 5.44. The molecule has 0 heteroatoms. The van der Waals surface area contributed by atoms with Gasteiger partial charge in [-0.15, -0.1) is 0 Å². The molecule has 0 saturated heterocycles. The molecule has 4 rings (SSSR count). The number of rotatable bonds is 2. The summed E-state index contributed by atoms with van der Waals surface area (Å²) in [6.45, 7) is 0. The minimum atomic E-state index is 0.718. The first-order chi connectivity index (χ1) is 9.38. The van der Waals surface area contributed by atoms with Crippen molar-refractivity contribution >= 4 is 0 Å². The van der Waals surface area contributed by atoms with Crippen molar-refractivity contribution in [3.63, 3.8) is 0 Å². The van der Waals surface area contributed by atoms with E-state index in [1.165, 1.54) is 64.2 Å². The fourth-order valence-electron chi connectivity index (χ4n) is 4.39. The van der Waals surface area contributed by atoms with Crippen LogP contribution < -0.4 is 0 Å². The lowest BCUT2D eigenvalue weighted by molar-refractivity contribution is 0.676. The van der Waals surface area contributed by atoms with Crippen LogP contribution in [0, 0.1) is 5.92 Å². The molecule has 0 amide bonds. The topological polar surface area (TPSA) is 0 Å². The van der Waals surface area contributed by atoms with Gasteiger partial charge in [-0.05, 0) is 86.8 Å². The summed E-state index contributed by atoms with van der Waals surface area (Å²) in [5.41, 5.74) is 8.57. The lowest BCUT2D eigenvalue weighted by Gasteiger charge is -2.13. The Morgan fingerprint density at radius 1 is 0.842 bits per heavy atom. The van der Waals surface area contributed by atoms with E-state index >= 15 is 0 Å². The number of fused-ring (bicyclic) bond motifs is 1. The van der Waals surface area contributed by atoms with Crippen LogP contribution in [0.5, 0.6) is 0 Å². The van der Waals surface area contributed by atoms with Gasteiger partial charge >= 0.3 is 0 Å². The Bertz CT molecular complexity index is 488. The van der Waals surface area contributed by atoms with Crippen LogP contribution >= 0.6 is 0 Å². The van der Waals surface area contributed by atoms with E-state index in [1.54, 1.807) is 27.9 Å². The smallest absolute Gasteiger partial charge is 0.000424 e. The zero-order chi connectivity index (χ0) is 12.7. The molecule has 0 radical (unpaired) electrons. The molecular weight excluding hydrogens is 228 g/mol. The average molecular weight is 252 g/mol. The second-order valence-electron chi connectivity index (χ2n) is 6.77. The number of hydrogen-bond donors (Lipinski definition) is 0. The standard InChI is InChI=1S/C19H24/c1-2-6-17-11-14(10-16(17)5-1)9-15-12-18-7-3-4-8-19(18)13-15/h10-12,14H,1-9,13H2. The first-order valence-corrected chi connectivity index (χ1v) is 8.20. The first-order valence-electron chi connectivity index (χ1n) is 8.20. The highest BCUT2D eigenvalue weighted by atomic mass is 14.3. The van der Waals surface area contributed by atoms with Gasteiger partial charge < -0.3 is 0 Å². The van der Waals surface area contributed by atoms with Crippen molar-refractivity contribution < 1.29 is 0 Å². The molecule has 4 aliphatic carbocycles. The molecule has 0 aromatic heterocycles. The number of hydrogen-bond acceptors (Lipinski definition) is 0. The molecule has 1 fully saturated rings. The first kappa shape index (κ1) is 11.8. The van der Waals surface area contributed by atoms with E-state index in [-0.39, 0.29) is 0 Å². The summed E-state index contributed by atoms with van der Waals surface area (Å²) in [6, 6.07) is 0. The van der Waals surface area contributed by atoms with Gasteiger partial charge in [-0.3, -0.25) is 0 Å². The van der Waals surface area contributed by atoms with Crippen LogP contribution in [0.25, 0.3) is 0 Å². The van der Waals surface area contributed by atoms with Crippen molar-refractivity contribution in [3.8, 4) is 0 Å². The predicted octanol–water partition coefficient (Wildman–Crippen LogP) is 5.63. The molecule has 0 bridgehead atoms. The zero-order valence-corrected chi connectivity index (χ0v) is 11.9. The molecule has 4 aliphatic rings. The molecule has 0 atom stereocenters. The molecule has 0 aromatic rings. The van der Waals surface area contributed by atoms with Crippen molar-refractivity contribution in [1.82, 2.24) is 0 Å². The minimum Gasteiger partial charge on any atom is -0.0738 e. The van der Waals surface area contributed by atoms with Crippen molar-refractivity contribution in [2.75, 3.05) is 0 Å². The van der Waals surface area contributed by atoms with Gasteiger partial charge in [0.05, 0.1) is 0 Å². The SMILES string of the molecule is C1=C(CC2C=C3CCCCC3=C2)CC2=C1CCCC2. The van der Waals surface area contributed by atoms with Crippen LogP contribution in [0.1, 0.15) is 64.2 Å². The fourth-order valence-corrected chi connectivity index (χ4v) is 4.39. The van der Waals surface area contributed by atoms with E-state index < -0.39 is 0 Å². The van der Waals surface area contributed by atoms with Gasteiger partial charge in [0.25, 0.3) is 0 Å². The third kappa shape index (κ3) is 2.26. The van der Waals surface area contributed by atoms with Crippen LogP contribution in [0.2, 0.25) is 0 Å². The summed E-state index contributed by atoms with van der Waals surface area (Å²) in [5, 5.41) is 0. The molecule has 0 aliphatic heterocycles. The van der Waals surface area contributed by atoms with Crippen molar-refractivity contribution in [2.24, 2.45) is 5.92 Å². The largest absolute Gasteiger partial charge is 0.0738 e. The van der Waals surface area contributed by atoms with Gasteiger partial charge in [-0.25, -0.2) is 0 Å². The fraction of sp³-hybridized carbons (Fsp3) is 0.579. The number of allylic oxidation sites excluding steroid dienone is 8. The maximum Gasteiger partial charge on any atom is -0.000424 e. The summed E-state index contributed by atoms with van der Waals surface area (Å²) in [4.78, 5) is 0. The Labute approximate surface area is 117 Å². The quantitative estimate of drug-likeness (QED) is 0.597. The summed E-state index contributed by atoms with van der Waals surface area (Å²) >= 11 is 0. The minimum absolute atomic E-state index is 0.718. The van der Waals surface area contributed by atoms with Gasteiger partial charge in [0.15, 0.2) is 0 Å². The van der Waals surface area contributed by atoms with Gasteiger partial charge in [-0.2, -0.15) is 0 Å². The molecule has 1 saturated carbocycles. The van der Waals surface area contributed by atoms with E-state index in [0.29, 0.717) is 0 Å². The Balaban J connectivity index is 1.44. The summed E-state index contributed by atoms with van der Waals surface area (Å²) < 4.78 is 0. The molecule has 0 aromatic carbocycles. The molecule has 0 spiro atoms. The molecule has 19 heavy (non-hydrogen) atoms.